The van der Waals surface area contributed by atoms with Gasteiger partial charge in [0.15, 0.2) is 10.7 Å². The molecule has 1 unspecified atom stereocenters. The molecule has 0 saturated carbocycles. The number of amides is 1. The van der Waals surface area contributed by atoms with Gasteiger partial charge in [-0.25, -0.2) is 0 Å². The number of halogens is 5. The van der Waals surface area contributed by atoms with Gasteiger partial charge < -0.3 is 15.0 Å². The number of anilines is 1. The molecular weight excluding hydrogens is 350 g/mol. The second-order valence-electron chi connectivity index (χ2n) is 4.40. The standard InChI is InChI=1S/C12H12ClF4NO3S/c1-3-22(21)7-5-4-6(8(13)9(7)14)18-10(19)11(2,20)12(15,16)17/h4-5,20H,3H2,1-2H3,(H,18,19)/t11-,22?/m1/s1. The molecule has 1 rings (SSSR count). The van der Waals surface area contributed by atoms with Gasteiger partial charge in [-0.15, -0.1) is 0 Å². The van der Waals surface area contributed by atoms with E-state index in [-0.39, 0.29) is 17.6 Å². The van der Waals surface area contributed by atoms with E-state index in [0.717, 1.165) is 12.1 Å². The third kappa shape index (κ3) is 3.65. The number of carbonyl (C=O) groups is 1. The molecule has 0 aromatic heterocycles. The molecule has 0 aliphatic carbocycles. The lowest BCUT2D eigenvalue weighted by molar-refractivity contribution is -0.242. The van der Waals surface area contributed by atoms with E-state index in [9.17, 15) is 32.0 Å². The predicted molar refractivity (Wildman–Crippen MR) is 73.7 cm³/mol. The monoisotopic (exact) mass is 361 g/mol. The summed E-state index contributed by atoms with van der Waals surface area (Å²) in [6.07, 6.45) is -5.22. The van der Waals surface area contributed by atoms with Crippen LogP contribution < -0.4 is 5.32 Å². The Morgan fingerprint density at radius 3 is 2.45 bits per heavy atom. The fourth-order valence-electron chi connectivity index (χ4n) is 1.33. The van der Waals surface area contributed by atoms with Crippen LogP contribution in [0, 0.1) is 5.82 Å². The third-order valence-corrected chi connectivity index (χ3v) is 4.50. The molecule has 124 valence electrons. The fourth-order valence-corrected chi connectivity index (χ4v) is 2.43. The molecule has 1 aromatic rings. The van der Waals surface area contributed by atoms with Crippen LogP contribution in [0.5, 0.6) is 0 Å². The molecule has 22 heavy (non-hydrogen) atoms. The summed E-state index contributed by atoms with van der Waals surface area (Å²) in [4.78, 5) is 11.3. The van der Waals surface area contributed by atoms with Crippen LogP contribution in [-0.2, 0) is 16.0 Å². The summed E-state index contributed by atoms with van der Waals surface area (Å²) < 4.78 is 63.0. The second-order valence-corrected chi connectivity index (χ2v) is 6.48. The Morgan fingerprint density at radius 2 is 2.00 bits per heavy atom. The molecule has 0 saturated heterocycles. The van der Waals surface area contributed by atoms with Crippen LogP contribution >= 0.6 is 11.6 Å². The fraction of sp³-hybridized carbons (Fsp3) is 0.417. The Morgan fingerprint density at radius 1 is 1.45 bits per heavy atom. The first-order valence-electron chi connectivity index (χ1n) is 5.90. The van der Waals surface area contributed by atoms with Crippen molar-refractivity contribution >= 4 is 34.4 Å². The predicted octanol–water partition coefficient (Wildman–Crippen LogP) is 2.86. The molecule has 0 aliphatic heterocycles. The molecule has 0 heterocycles. The van der Waals surface area contributed by atoms with Crippen molar-refractivity contribution < 1.29 is 32.0 Å². The topological polar surface area (TPSA) is 72.4 Å². The molecule has 0 fully saturated rings. The van der Waals surface area contributed by atoms with Gasteiger partial charge >= 0.3 is 6.18 Å². The molecule has 0 bridgehead atoms. The number of carbonyl (C=O) groups excluding carboxylic acids is 1. The SMILES string of the molecule is CC[S+]([O-])c1ccc(NC(=O)[C@@](C)(O)C(F)(F)F)c(Cl)c1F. The van der Waals surface area contributed by atoms with Crippen molar-refractivity contribution in [1.29, 1.82) is 0 Å². The minimum absolute atomic E-state index is 0.113. The van der Waals surface area contributed by atoms with Gasteiger partial charge in [-0.1, -0.05) is 11.6 Å². The average molecular weight is 362 g/mol. The van der Waals surface area contributed by atoms with E-state index in [1.807, 2.05) is 0 Å². The molecule has 0 spiro atoms. The van der Waals surface area contributed by atoms with Crippen molar-refractivity contribution in [3.05, 3.63) is 23.0 Å². The zero-order valence-electron chi connectivity index (χ0n) is 11.4. The first kappa shape index (κ1) is 19.0. The Kier molecular flexibility index (Phi) is 5.71. The zero-order valence-corrected chi connectivity index (χ0v) is 13.0. The van der Waals surface area contributed by atoms with Crippen LogP contribution in [0.4, 0.5) is 23.2 Å². The normalized spacial score (nSPS) is 16.0. The molecule has 2 atom stereocenters. The van der Waals surface area contributed by atoms with Gasteiger partial charge in [-0.05, 0) is 37.2 Å². The smallest absolute Gasteiger partial charge is 0.426 e. The lowest BCUT2D eigenvalue weighted by Gasteiger charge is -2.25. The van der Waals surface area contributed by atoms with E-state index in [4.69, 9.17) is 11.6 Å². The summed E-state index contributed by atoms with van der Waals surface area (Å²) >= 11 is 3.95. The van der Waals surface area contributed by atoms with Crippen LogP contribution in [0.15, 0.2) is 17.0 Å². The zero-order chi connectivity index (χ0) is 17.3. The van der Waals surface area contributed by atoms with Gasteiger partial charge in [0.2, 0.25) is 5.60 Å². The van der Waals surface area contributed by atoms with Crippen LogP contribution in [-0.4, -0.2) is 33.1 Å². The quantitative estimate of drug-likeness (QED) is 0.640. The van der Waals surface area contributed by atoms with Crippen LogP contribution in [0.1, 0.15) is 13.8 Å². The van der Waals surface area contributed by atoms with Gasteiger partial charge in [-0.3, -0.25) is 4.79 Å². The Bertz CT molecular complexity index is 580. The van der Waals surface area contributed by atoms with E-state index >= 15 is 0 Å². The van der Waals surface area contributed by atoms with Crippen molar-refractivity contribution in [2.45, 2.75) is 30.5 Å². The molecule has 1 amide bonds. The van der Waals surface area contributed by atoms with Crippen LogP contribution in [0.2, 0.25) is 5.02 Å². The first-order valence-corrected chi connectivity index (χ1v) is 7.60. The third-order valence-electron chi connectivity index (χ3n) is 2.80. The number of hydrogen-bond donors (Lipinski definition) is 2. The van der Waals surface area contributed by atoms with Crippen molar-refractivity contribution in [2.75, 3.05) is 11.1 Å². The molecule has 4 nitrogen and oxygen atoms in total. The Labute approximate surface area is 131 Å². The highest BCUT2D eigenvalue weighted by Gasteiger charge is 2.55. The number of aliphatic hydroxyl groups is 1. The number of alkyl halides is 3. The summed E-state index contributed by atoms with van der Waals surface area (Å²) in [5, 5.41) is 10.2. The maximum absolute atomic E-state index is 13.9. The van der Waals surface area contributed by atoms with E-state index in [1.54, 1.807) is 12.2 Å². The largest absolute Gasteiger partial charge is 0.611 e. The first-order chi connectivity index (χ1) is 9.93. The summed E-state index contributed by atoms with van der Waals surface area (Å²) in [7, 11) is 0. The molecule has 1 aromatic carbocycles. The van der Waals surface area contributed by atoms with Gasteiger partial charge in [0.25, 0.3) is 5.91 Å². The lowest BCUT2D eigenvalue weighted by Crippen LogP contribution is -2.52. The summed E-state index contributed by atoms with van der Waals surface area (Å²) in [5.74, 6) is -2.81. The summed E-state index contributed by atoms with van der Waals surface area (Å²) in [6, 6.07) is 2.05. The van der Waals surface area contributed by atoms with Crippen molar-refractivity contribution in [1.82, 2.24) is 0 Å². The Hall–Kier alpha value is -1.03. The van der Waals surface area contributed by atoms with Gasteiger partial charge in [0, 0.05) is 0 Å². The highest BCUT2D eigenvalue weighted by atomic mass is 35.5. The molecule has 0 aliphatic rings. The molecule has 2 N–H and O–H groups in total. The number of nitrogens with one attached hydrogen (secondary N) is 1. The van der Waals surface area contributed by atoms with E-state index in [1.165, 1.54) is 0 Å². The minimum Gasteiger partial charge on any atom is -0.611 e. The Balaban J connectivity index is 3.11. The van der Waals surface area contributed by atoms with E-state index < -0.39 is 45.4 Å². The highest BCUT2D eigenvalue weighted by Crippen LogP contribution is 2.34. The maximum atomic E-state index is 13.9. The molecular formula is C12H12ClF4NO3S. The van der Waals surface area contributed by atoms with E-state index in [0.29, 0.717) is 0 Å². The van der Waals surface area contributed by atoms with Crippen molar-refractivity contribution in [2.24, 2.45) is 0 Å². The molecule has 0 radical (unpaired) electrons. The van der Waals surface area contributed by atoms with Gasteiger partial charge in [0.05, 0.1) is 5.69 Å². The molecule has 10 heteroatoms. The highest BCUT2D eigenvalue weighted by molar-refractivity contribution is 7.91. The number of hydrogen-bond acceptors (Lipinski definition) is 3. The number of rotatable bonds is 4. The van der Waals surface area contributed by atoms with Gasteiger partial charge in [0.1, 0.15) is 10.8 Å². The minimum atomic E-state index is -5.22. The van der Waals surface area contributed by atoms with Crippen LogP contribution in [0.25, 0.3) is 0 Å². The second kappa shape index (κ2) is 6.61. The summed E-state index contributed by atoms with van der Waals surface area (Å²) in [5.41, 5.74) is -4.14. The maximum Gasteiger partial charge on any atom is 0.426 e. The van der Waals surface area contributed by atoms with Crippen LogP contribution in [0.3, 0.4) is 0 Å². The van der Waals surface area contributed by atoms with Gasteiger partial charge in [-0.2, -0.15) is 17.6 Å². The number of benzene rings is 1. The van der Waals surface area contributed by atoms with E-state index in [2.05, 4.69) is 0 Å². The average Bonchev–Trinajstić information content (AvgIpc) is 2.41. The van der Waals surface area contributed by atoms with Crippen molar-refractivity contribution in [3.63, 3.8) is 0 Å². The lowest BCUT2D eigenvalue weighted by atomic mass is 10.1. The summed E-state index contributed by atoms with van der Waals surface area (Å²) in [6.45, 7) is 1.80. The van der Waals surface area contributed by atoms with Crippen molar-refractivity contribution in [3.8, 4) is 0 Å².